The molecular formula is C12H21N3O3. The molecule has 0 saturated carbocycles. The number of nitrogens with one attached hydrogen (secondary N) is 1. The molecule has 102 valence electrons. The number of piperidine rings is 1. The van der Waals surface area contributed by atoms with Crippen LogP contribution in [-0.4, -0.2) is 42.5 Å². The van der Waals surface area contributed by atoms with Gasteiger partial charge in [-0.25, -0.2) is 0 Å². The minimum absolute atomic E-state index is 0.372. The average molecular weight is 255 g/mol. The fourth-order valence-corrected chi connectivity index (χ4v) is 1.92. The van der Waals surface area contributed by atoms with E-state index >= 15 is 0 Å². The molecule has 18 heavy (non-hydrogen) atoms. The van der Waals surface area contributed by atoms with Gasteiger partial charge >= 0.3 is 0 Å². The lowest BCUT2D eigenvalue weighted by atomic mass is 10.1. The van der Waals surface area contributed by atoms with Crippen molar-refractivity contribution in [2.45, 2.75) is 38.9 Å². The van der Waals surface area contributed by atoms with Crippen molar-refractivity contribution in [1.29, 1.82) is 0 Å². The largest absolute Gasteiger partial charge is 0.378 e. The van der Waals surface area contributed by atoms with Crippen LogP contribution in [0.25, 0.3) is 0 Å². The molecule has 0 radical (unpaired) electrons. The lowest BCUT2D eigenvalue weighted by Gasteiger charge is -2.22. The second-order valence-corrected chi connectivity index (χ2v) is 4.31. The van der Waals surface area contributed by atoms with Crippen LogP contribution in [0.3, 0.4) is 0 Å². The fourth-order valence-electron chi connectivity index (χ4n) is 1.92. The van der Waals surface area contributed by atoms with Crippen LogP contribution in [0.2, 0.25) is 0 Å². The Morgan fingerprint density at radius 3 is 3.00 bits per heavy atom. The monoisotopic (exact) mass is 255 g/mol. The third-order valence-electron chi connectivity index (χ3n) is 2.90. The van der Waals surface area contributed by atoms with E-state index in [1.165, 1.54) is 0 Å². The highest BCUT2D eigenvalue weighted by molar-refractivity contribution is 4.84. The molecule has 2 rings (SSSR count). The zero-order valence-electron chi connectivity index (χ0n) is 10.9. The SMILES string of the molecule is CCOCc1noc(CCOC2CCNCC2)n1. The van der Waals surface area contributed by atoms with Gasteiger partial charge in [0.2, 0.25) is 5.89 Å². The van der Waals surface area contributed by atoms with Gasteiger partial charge in [0, 0.05) is 6.61 Å². The maximum atomic E-state index is 5.78. The van der Waals surface area contributed by atoms with Crippen LogP contribution < -0.4 is 5.32 Å². The number of hydrogen-bond donors (Lipinski definition) is 1. The zero-order valence-corrected chi connectivity index (χ0v) is 10.9. The van der Waals surface area contributed by atoms with Gasteiger partial charge in [0.05, 0.1) is 19.1 Å². The van der Waals surface area contributed by atoms with Crippen LogP contribution in [0.15, 0.2) is 4.52 Å². The summed E-state index contributed by atoms with van der Waals surface area (Å²) in [6.07, 6.45) is 3.21. The van der Waals surface area contributed by atoms with Crippen molar-refractivity contribution in [3.8, 4) is 0 Å². The van der Waals surface area contributed by atoms with Crippen molar-refractivity contribution >= 4 is 0 Å². The van der Waals surface area contributed by atoms with E-state index in [1.807, 2.05) is 6.92 Å². The van der Waals surface area contributed by atoms with Crippen LogP contribution in [0.5, 0.6) is 0 Å². The first kappa shape index (κ1) is 13.5. The Balaban J connectivity index is 1.64. The summed E-state index contributed by atoms with van der Waals surface area (Å²) >= 11 is 0. The Labute approximate surface area is 107 Å². The van der Waals surface area contributed by atoms with Crippen LogP contribution >= 0.6 is 0 Å². The smallest absolute Gasteiger partial charge is 0.229 e. The second-order valence-electron chi connectivity index (χ2n) is 4.31. The molecule has 1 aromatic rings. The predicted molar refractivity (Wildman–Crippen MR) is 65.2 cm³/mol. The van der Waals surface area contributed by atoms with Gasteiger partial charge in [-0.2, -0.15) is 4.98 Å². The van der Waals surface area contributed by atoms with Crippen molar-refractivity contribution in [3.05, 3.63) is 11.7 Å². The highest BCUT2D eigenvalue weighted by Gasteiger charge is 2.13. The summed E-state index contributed by atoms with van der Waals surface area (Å²) in [5.74, 6) is 1.23. The molecule has 0 bridgehead atoms. The molecule has 2 heterocycles. The summed E-state index contributed by atoms with van der Waals surface area (Å²) in [4.78, 5) is 4.24. The summed E-state index contributed by atoms with van der Waals surface area (Å²) in [7, 11) is 0. The summed E-state index contributed by atoms with van der Waals surface area (Å²) in [5.41, 5.74) is 0. The summed E-state index contributed by atoms with van der Waals surface area (Å²) < 4.78 is 16.1. The summed E-state index contributed by atoms with van der Waals surface area (Å²) in [6, 6.07) is 0. The molecular weight excluding hydrogens is 234 g/mol. The molecule has 6 nitrogen and oxygen atoms in total. The van der Waals surface area contributed by atoms with E-state index in [0.717, 1.165) is 25.9 Å². The van der Waals surface area contributed by atoms with Crippen molar-refractivity contribution in [2.75, 3.05) is 26.3 Å². The molecule has 1 aromatic heterocycles. The Morgan fingerprint density at radius 1 is 1.39 bits per heavy atom. The third-order valence-corrected chi connectivity index (χ3v) is 2.90. The number of rotatable bonds is 7. The first-order valence-corrected chi connectivity index (χ1v) is 6.60. The molecule has 6 heteroatoms. The van der Waals surface area contributed by atoms with Gasteiger partial charge in [0.25, 0.3) is 0 Å². The standard InChI is InChI=1S/C12H21N3O3/c1-2-16-9-11-14-12(18-15-11)5-8-17-10-3-6-13-7-4-10/h10,13H,2-9H2,1H3. The zero-order chi connectivity index (χ0) is 12.6. The van der Waals surface area contributed by atoms with Gasteiger partial charge < -0.3 is 19.3 Å². The first-order chi connectivity index (χ1) is 8.88. The Kier molecular flexibility index (Phi) is 5.57. The molecule has 0 atom stereocenters. The first-order valence-electron chi connectivity index (χ1n) is 6.60. The number of aromatic nitrogens is 2. The van der Waals surface area contributed by atoms with E-state index in [1.54, 1.807) is 0 Å². The van der Waals surface area contributed by atoms with E-state index in [0.29, 0.717) is 44.1 Å². The highest BCUT2D eigenvalue weighted by atomic mass is 16.5. The second kappa shape index (κ2) is 7.45. The molecule has 1 aliphatic heterocycles. The van der Waals surface area contributed by atoms with Crippen LogP contribution in [0.1, 0.15) is 31.5 Å². The minimum Gasteiger partial charge on any atom is -0.378 e. The quantitative estimate of drug-likeness (QED) is 0.781. The van der Waals surface area contributed by atoms with E-state index in [-0.39, 0.29) is 0 Å². The summed E-state index contributed by atoms with van der Waals surface area (Å²) in [6.45, 7) is 5.74. The van der Waals surface area contributed by atoms with E-state index < -0.39 is 0 Å². The van der Waals surface area contributed by atoms with E-state index in [2.05, 4.69) is 15.5 Å². The normalized spacial score (nSPS) is 17.2. The Bertz CT molecular complexity index is 337. The van der Waals surface area contributed by atoms with Gasteiger partial charge in [-0.15, -0.1) is 0 Å². The molecule has 1 saturated heterocycles. The summed E-state index contributed by atoms with van der Waals surface area (Å²) in [5, 5.41) is 7.15. The van der Waals surface area contributed by atoms with Gasteiger partial charge in [0.15, 0.2) is 5.82 Å². The number of hydrogen-bond acceptors (Lipinski definition) is 6. The topological polar surface area (TPSA) is 69.4 Å². The third kappa shape index (κ3) is 4.36. The molecule has 1 N–H and O–H groups in total. The van der Waals surface area contributed by atoms with Crippen molar-refractivity contribution in [3.63, 3.8) is 0 Å². The van der Waals surface area contributed by atoms with Crippen LogP contribution in [0.4, 0.5) is 0 Å². The molecule has 0 unspecified atom stereocenters. The van der Waals surface area contributed by atoms with Gasteiger partial charge in [-0.05, 0) is 32.9 Å². The lowest BCUT2D eigenvalue weighted by Crippen LogP contribution is -2.32. The fraction of sp³-hybridized carbons (Fsp3) is 0.833. The van der Waals surface area contributed by atoms with Crippen molar-refractivity contribution < 1.29 is 14.0 Å². The molecule has 1 fully saturated rings. The molecule has 0 aromatic carbocycles. The maximum absolute atomic E-state index is 5.78. The van der Waals surface area contributed by atoms with E-state index in [9.17, 15) is 0 Å². The van der Waals surface area contributed by atoms with Gasteiger partial charge in [0.1, 0.15) is 6.61 Å². The number of ether oxygens (including phenoxy) is 2. The van der Waals surface area contributed by atoms with Crippen molar-refractivity contribution in [2.24, 2.45) is 0 Å². The molecule has 0 spiro atoms. The van der Waals surface area contributed by atoms with E-state index in [4.69, 9.17) is 14.0 Å². The minimum atomic E-state index is 0.372. The van der Waals surface area contributed by atoms with Crippen LogP contribution in [-0.2, 0) is 22.5 Å². The maximum Gasteiger partial charge on any atom is 0.229 e. The molecule has 1 aliphatic rings. The Hall–Kier alpha value is -0.980. The van der Waals surface area contributed by atoms with Crippen LogP contribution in [0, 0.1) is 0 Å². The number of nitrogens with zero attached hydrogens (tertiary/aromatic N) is 2. The average Bonchev–Trinajstić information content (AvgIpc) is 2.85. The predicted octanol–water partition coefficient (Wildman–Crippen LogP) is 0.917. The Morgan fingerprint density at radius 2 is 2.22 bits per heavy atom. The van der Waals surface area contributed by atoms with Crippen molar-refractivity contribution in [1.82, 2.24) is 15.5 Å². The molecule has 0 aliphatic carbocycles. The van der Waals surface area contributed by atoms with Gasteiger partial charge in [-0.1, -0.05) is 5.16 Å². The van der Waals surface area contributed by atoms with Gasteiger partial charge in [-0.3, -0.25) is 0 Å². The highest BCUT2D eigenvalue weighted by Crippen LogP contribution is 2.08. The molecule has 0 amide bonds. The lowest BCUT2D eigenvalue weighted by molar-refractivity contribution is 0.0322.